The predicted molar refractivity (Wildman–Crippen MR) is 171 cm³/mol. The molecule has 1 aliphatic rings. The van der Waals surface area contributed by atoms with Crippen molar-refractivity contribution in [3.05, 3.63) is 101 Å². The Morgan fingerprint density at radius 2 is 1.77 bits per heavy atom. The van der Waals surface area contributed by atoms with Crippen LogP contribution in [0.1, 0.15) is 29.8 Å². The van der Waals surface area contributed by atoms with Crippen LogP contribution < -0.4 is 9.46 Å². The van der Waals surface area contributed by atoms with Crippen molar-refractivity contribution in [2.75, 3.05) is 31.5 Å². The predicted octanol–water partition coefficient (Wildman–Crippen LogP) is 5.57. The minimum atomic E-state index is -3.79. The summed E-state index contributed by atoms with van der Waals surface area (Å²) < 4.78 is 35.0. The Bertz CT molecular complexity index is 1630. The lowest BCUT2D eigenvalue weighted by Gasteiger charge is -2.38. The van der Waals surface area contributed by atoms with Crippen molar-refractivity contribution in [1.82, 2.24) is 9.80 Å². The second kappa shape index (κ2) is 13.3. The minimum Gasteiger partial charge on any atom is -0.488 e. The van der Waals surface area contributed by atoms with E-state index in [1.54, 1.807) is 35.4 Å². The highest BCUT2D eigenvalue weighted by atomic mass is 32.2. The van der Waals surface area contributed by atoms with E-state index in [0.29, 0.717) is 25.4 Å². The van der Waals surface area contributed by atoms with Gasteiger partial charge in [-0.15, -0.1) is 11.3 Å². The highest BCUT2D eigenvalue weighted by molar-refractivity contribution is 7.94. The van der Waals surface area contributed by atoms with E-state index in [9.17, 15) is 18.3 Å². The van der Waals surface area contributed by atoms with E-state index < -0.39 is 16.1 Å². The molecule has 0 saturated carbocycles. The van der Waals surface area contributed by atoms with Crippen LogP contribution >= 0.6 is 11.3 Å². The molecule has 0 unspecified atom stereocenters. The average Bonchev–Trinajstić information content (AvgIpc) is 3.56. The lowest BCUT2D eigenvalue weighted by Crippen LogP contribution is -2.49. The first kappa shape index (κ1) is 30.7. The summed E-state index contributed by atoms with van der Waals surface area (Å²) in [5, 5.41) is 11.7. The van der Waals surface area contributed by atoms with E-state index in [-0.39, 0.29) is 40.0 Å². The van der Waals surface area contributed by atoms with Crippen LogP contribution in [-0.2, 0) is 16.6 Å². The van der Waals surface area contributed by atoms with Crippen molar-refractivity contribution in [1.29, 1.82) is 0 Å². The van der Waals surface area contributed by atoms with Gasteiger partial charge in [-0.2, -0.15) is 0 Å². The normalized spacial score (nSPS) is 18.0. The van der Waals surface area contributed by atoms with Gasteiger partial charge in [-0.3, -0.25) is 14.4 Å². The molecule has 1 aliphatic heterocycles. The van der Waals surface area contributed by atoms with E-state index >= 15 is 0 Å². The van der Waals surface area contributed by atoms with Gasteiger partial charge in [0.15, 0.2) is 0 Å². The largest absolute Gasteiger partial charge is 0.488 e. The lowest BCUT2D eigenvalue weighted by molar-refractivity contribution is 0.0341. The number of sulfonamides is 1. The number of thiophene rings is 1. The zero-order valence-corrected chi connectivity index (χ0v) is 26.1. The molecule has 0 bridgehead atoms. The fraction of sp³-hybridized carbons (Fsp3) is 0.303. The standard InChI is InChI=1S/C33H37N3O5S2/c1-23-19-36(24(2)22-37)33(38)29-18-28(34-43(39,40)32-10-7-17-42-32)15-16-30(29)41-31(23)21-35(3)20-25-11-13-27(14-12-25)26-8-5-4-6-9-26/h4-18,23-24,31,34,37H,19-22H2,1-3H3/t23-,24-,31+/m0/s1. The number of rotatable bonds is 10. The number of anilines is 1. The maximum absolute atomic E-state index is 13.7. The molecule has 0 spiro atoms. The number of nitrogens with zero attached hydrogens (tertiary/aromatic N) is 2. The van der Waals surface area contributed by atoms with Crippen molar-refractivity contribution in [3.8, 4) is 16.9 Å². The zero-order chi connectivity index (χ0) is 30.6. The summed E-state index contributed by atoms with van der Waals surface area (Å²) in [6, 6.07) is 26.4. The number of benzene rings is 3. The topological polar surface area (TPSA) is 99.2 Å². The lowest BCUT2D eigenvalue weighted by atomic mass is 9.99. The molecule has 2 N–H and O–H groups in total. The molecule has 1 aromatic heterocycles. The van der Waals surface area contributed by atoms with E-state index in [1.165, 1.54) is 28.8 Å². The molecule has 0 fully saturated rings. The first-order valence-electron chi connectivity index (χ1n) is 14.3. The summed E-state index contributed by atoms with van der Waals surface area (Å²) in [6.07, 6.45) is -0.262. The van der Waals surface area contributed by atoms with Crippen molar-refractivity contribution in [2.24, 2.45) is 5.92 Å². The van der Waals surface area contributed by atoms with Crippen LogP contribution in [0.2, 0.25) is 0 Å². The van der Waals surface area contributed by atoms with Crippen LogP contribution in [0.3, 0.4) is 0 Å². The molecule has 5 rings (SSSR count). The summed E-state index contributed by atoms with van der Waals surface area (Å²) >= 11 is 1.12. The van der Waals surface area contributed by atoms with Crippen LogP contribution in [-0.4, -0.2) is 68.1 Å². The van der Waals surface area contributed by atoms with E-state index in [1.807, 2.05) is 32.2 Å². The van der Waals surface area contributed by atoms with Gasteiger partial charge in [0.05, 0.1) is 18.2 Å². The number of likely N-dealkylation sites (N-methyl/N-ethyl adjacent to an activating group) is 1. The third-order valence-corrected chi connectivity index (χ3v) is 10.5. The van der Waals surface area contributed by atoms with Crippen molar-refractivity contribution >= 4 is 33.0 Å². The molecule has 0 aliphatic carbocycles. The summed E-state index contributed by atoms with van der Waals surface area (Å²) in [6.45, 7) is 5.36. The van der Waals surface area contributed by atoms with Crippen molar-refractivity contribution in [3.63, 3.8) is 0 Å². The van der Waals surface area contributed by atoms with Crippen LogP contribution in [0.4, 0.5) is 5.69 Å². The molecule has 0 saturated heterocycles. The number of aliphatic hydroxyl groups is 1. The fourth-order valence-corrected chi connectivity index (χ4v) is 7.28. The molecule has 8 nitrogen and oxygen atoms in total. The van der Waals surface area contributed by atoms with E-state index in [2.05, 4.69) is 46.0 Å². The summed E-state index contributed by atoms with van der Waals surface area (Å²) in [7, 11) is -1.75. The van der Waals surface area contributed by atoms with Crippen molar-refractivity contribution in [2.45, 2.75) is 36.7 Å². The smallest absolute Gasteiger partial charge is 0.271 e. The Morgan fingerprint density at radius 1 is 1.05 bits per heavy atom. The van der Waals surface area contributed by atoms with Gasteiger partial charge in [0.25, 0.3) is 15.9 Å². The van der Waals surface area contributed by atoms with Gasteiger partial charge in [-0.1, -0.05) is 67.6 Å². The number of fused-ring (bicyclic) bond motifs is 1. The third-order valence-electron chi connectivity index (χ3n) is 7.68. The molecule has 4 aromatic rings. The van der Waals surface area contributed by atoms with Crippen LogP contribution in [0.15, 0.2) is 94.5 Å². The monoisotopic (exact) mass is 619 g/mol. The summed E-state index contributed by atoms with van der Waals surface area (Å²) in [4.78, 5) is 17.6. The van der Waals surface area contributed by atoms with Crippen LogP contribution in [0.5, 0.6) is 5.75 Å². The Kier molecular flexibility index (Phi) is 9.51. The zero-order valence-electron chi connectivity index (χ0n) is 24.5. The molecule has 0 radical (unpaired) electrons. The number of nitrogens with one attached hydrogen (secondary N) is 1. The molecule has 2 heterocycles. The van der Waals surface area contributed by atoms with Crippen LogP contribution in [0.25, 0.3) is 11.1 Å². The number of carbonyl (C=O) groups excluding carboxylic acids is 1. The number of carbonyl (C=O) groups is 1. The number of ether oxygens (including phenoxy) is 1. The maximum atomic E-state index is 13.7. The molecule has 10 heteroatoms. The minimum absolute atomic E-state index is 0.0361. The summed E-state index contributed by atoms with van der Waals surface area (Å²) in [5.74, 6) is 0.0354. The molecular weight excluding hydrogens is 583 g/mol. The Labute approximate surface area is 257 Å². The van der Waals surface area contributed by atoms with Gasteiger partial charge in [-0.25, -0.2) is 8.42 Å². The number of amides is 1. The average molecular weight is 620 g/mol. The van der Waals surface area contributed by atoms with E-state index in [0.717, 1.165) is 11.3 Å². The Balaban J connectivity index is 1.36. The fourth-order valence-electron chi connectivity index (χ4n) is 5.24. The molecule has 1 amide bonds. The van der Waals surface area contributed by atoms with Gasteiger partial charge >= 0.3 is 0 Å². The molecule has 3 aromatic carbocycles. The van der Waals surface area contributed by atoms with Gasteiger partial charge in [0.2, 0.25) is 0 Å². The Hall–Kier alpha value is -3.70. The Morgan fingerprint density at radius 3 is 2.44 bits per heavy atom. The molecule has 226 valence electrons. The van der Waals surface area contributed by atoms with Gasteiger partial charge in [-0.05, 0) is 60.3 Å². The first-order valence-corrected chi connectivity index (χ1v) is 16.6. The highest BCUT2D eigenvalue weighted by Gasteiger charge is 2.33. The first-order chi connectivity index (χ1) is 20.6. The molecular formula is C33H37N3O5S2. The third kappa shape index (κ3) is 7.27. The maximum Gasteiger partial charge on any atom is 0.271 e. The number of hydrogen-bond acceptors (Lipinski definition) is 7. The van der Waals surface area contributed by atoms with Gasteiger partial charge in [0, 0.05) is 31.2 Å². The van der Waals surface area contributed by atoms with E-state index in [4.69, 9.17) is 4.74 Å². The van der Waals surface area contributed by atoms with Gasteiger partial charge in [0.1, 0.15) is 16.1 Å². The van der Waals surface area contributed by atoms with Crippen molar-refractivity contribution < 1.29 is 23.1 Å². The molecule has 43 heavy (non-hydrogen) atoms. The molecule has 3 atom stereocenters. The second-order valence-corrected chi connectivity index (χ2v) is 14.0. The second-order valence-electron chi connectivity index (χ2n) is 11.1. The number of aliphatic hydroxyl groups excluding tert-OH is 1. The SMILES string of the molecule is C[C@H]1CN([C@@H](C)CO)C(=O)c2cc(NS(=O)(=O)c3cccs3)ccc2O[C@@H]1CN(C)Cc1ccc(-c2ccccc2)cc1. The van der Waals surface area contributed by atoms with Crippen LogP contribution in [0, 0.1) is 5.92 Å². The number of hydrogen-bond donors (Lipinski definition) is 2. The quantitative estimate of drug-likeness (QED) is 0.241. The highest BCUT2D eigenvalue weighted by Crippen LogP contribution is 2.32. The van der Waals surface area contributed by atoms with Gasteiger partial charge < -0.3 is 14.7 Å². The summed E-state index contributed by atoms with van der Waals surface area (Å²) in [5.41, 5.74) is 4.04.